The summed E-state index contributed by atoms with van der Waals surface area (Å²) in [4.78, 5) is 0. The molecule has 4 aromatic carbocycles. The van der Waals surface area contributed by atoms with E-state index in [0.717, 1.165) is 22.3 Å². The Morgan fingerprint density at radius 1 is 0.516 bits per heavy atom. The van der Waals surface area contributed by atoms with Crippen molar-refractivity contribution >= 4 is 7.32 Å². The summed E-state index contributed by atoms with van der Waals surface area (Å²) in [5.41, 5.74) is 4.36. The Bertz CT molecular complexity index is 1050. The van der Waals surface area contributed by atoms with Crippen LogP contribution in [0.15, 0.2) is 109 Å². The van der Waals surface area contributed by atoms with Crippen LogP contribution in [0.1, 0.15) is 11.1 Å². The van der Waals surface area contributed by atoms with Gasteiger partial charge in [0, 0.05) is 0 Å². The summed E-state index contributed by atoms with van der Waals surface area (Å²) >= 11 is 0. The van der Waals surface area contributed by atoms with Crippen LogP contribution in [0.25, 0.3) is 11.1 Å². The Hall–Kier alpha value is -3.54. The molecule has 4 nitrogen and oxygen atoms in total. The van der Waals surface area contributed by atoms with Gasteiger partial charge in [0.1, 0.15) is 11.5 Å². The molecule has 0 spiro atoms. The normalized spacial score (nSPS) is 10.5. The second-order valence-corrected chi connectivity index (χ2v) is 7.06. The highest BCUT2D eigenvalue weighted by atomic mass is 16.7. The van der Waals surface area contributed by atoms with Crippen molar-refractivity contribution in [3.05, 3.63) is 120 Å². The number of ether oxygens (including phenoxy) is 1. The van der Waals surface area contributed by atoms with Gasteiger partial charge in [0.15, 0.2) is 0 Å². The van der Waals surface area contributed by atoms with Gasteiger partial charge >= 0.3 is 7.32 Å². The van der Waals surface area contributed by atoms with Gasteiger partial charge in [0.05, 0.1) is 13.2 Å². The fourth-order valence-electron chi connectivity index (χ4n) is 3.14. The molecule has 0 aliphatic heterocycles. The van der Waals surface area contributed by atoms with E-state index in [1.807, 2.05) is 97.1 Å². The summed E-state index contributed by atoms with van der Waals surface area (Å²) in [6, 6.07) is 35.0. The maximum atomic E-state index is 10.1. The molecule has 0 atom stereocenters. The molecular weight excluding hydrogens is 387 g/mol. The zero-order valence-corrected chi connectivity index (χ0v) is 17.1. The monoisotopic (exact) mass is 410 g/mol. The fourth-order valence-corrected chi connectivity index (χ4v) is 3.14. The van der Waals surface area contributed by atoms with Crippen molar-refractivity contribution < 1.29 is 19.1 Å². The van der Waals surface area contributed by atoms with Crippen LogP contribution in [0.3, 0.4) is 0 Å². The van der Waals surface area contributed by atoms with Crippen LogP contribution in [0.2, 0.25) is 0 Å². The Balaban J connectivity index is 1.25. The maximum absolute atomic E-state index is 10.1. The van der Waals surface area contributed by atoms with Crippen molar-refractivity contribution in [2.24, 2.45) is 0 Å². The van der Waals surface area contributed by atoms with Gasteiger partial charge in [0.25, 0.3) is 0 Å². The smallest absolute Gasteiger partial charge is 0.501 e. The first kappa shape index (κ1) is 20.7. The van der Waals surface area contributed by atoms with Crippen molar-refractivity contribution in [2.45, 2.75) is 13.2 Å². The molecular formula is C26H23BO4. The predicted molar refractivity (Wildman–Crippen MR) is 122 cm³/mol. The molecule has 4 rings (SSSR count). The van der Waals surface area contributed by atoms with E-state index in [9.17, 15) is 5.02 Å². The van der Waals surface area contributed by atoms with E-state index in [2.05, 4.69) is 0 Å². The van der Waals surface area contributed by atoms with E-state index >= 15 is 0 Å². The topological polar surface area (TPSA) is 47.9 Å². The first-order chi connectivity index (χ1) is 15.3. The van der Waals surface area contributed by atoms with Crippen molar-refractivity contribution in [2.75, 3.05) is 0 Å². The van der Waals surface area contributed by atoms with E-state index in [1.54, 1.807) is 12.1 Å². The fraction of sp³-hybridized carbons (Fsp3) is 0.0769. The largest absolute Gasteiger partial charge is 0.785 e. The highest BCUT2D eigenvalue weighted by Gasteiger charge is 2.21. The third-order valence-corrected chi connectivity index (χ3v) is 4.74. The summed E-state index contributed by atoms with van der Waals surface area (Å²) in [7, 11) is -1.40. The second kappa shape index (κ2) is 10.5. The molecule has 0 saturated heterocycles. The zero-order chi connectivity index (χ0) is 21.3. The molecule has 31 heavy (non-hydrogen) atoms. The van der Waals surface area contributed by atoms with Crippen LogP contribution in [-0.4, -0.2) is 12.3 Å². The molecule has 1 N–H and O–H groups in total. The molecule has 5 heteroatoms. The first-order valence-corrected chi connectivity index (χ1v) is 10.1. The summed E-state index contributed by atoms with van der Waals surface area (Å²) < 4.78 is 16.6. The number of rotatable bonds is 9. The molecule has 0 fully saturated rings. The minimum Gasteiger partial charge on any atom is -0.501 e. The third-order valence-electron chi connectivity index (χ3n) is 4.74. The van der Waals surface area contributed by atoms with E-state index in [-0.39, 0.29) is 0 Å². The Morgan fingerprint density at radius 2 is 0.968 bits per heavy atom. The summed E-state index contributed by atoms with van der Waals surface area (Å²) in [5.74, 6) is 1.04. The standard InChI is InChI=1S/C26H23BO4/c28-27(31-26-17-13-24(14-18-26)23-9-5-2-6-10-23)30-25-15-11-22(12-16-25)20-29-19-21-7-3-1-4-8-21/h1-18,28H,19-20H2. The van der Waals surface area contributed by atoms with E-state index in [1.165, 1.54) is 0 Å². The van der Waals surface area contributed by atoms with Crippen LogP contribution >= 0.6 is 0 Å². The molecule has 0 unspecified atom stereocenters. The van der Waals surface area contributed by atoms with Gasteiger partial charge in [-0.15, -0.1) is 0 Å². The molecule has 0 heterocycles. The van der Waals surface area contributed by atoms with Crippen LogP contribution < -0.4 is 9.31 Å². The average molecular weight is 410 g/mol. The Morgan fingerprint density at radius 3 is 1.55 bits per heavy atom. The molecule has 0 bridgehead atoms. The maximum Gasteiger partial charge on any atom is 0.785 e. The van der Waals surface area contributed by atoms with Gasteiger partial charge < -0.3 is 19.1 Å². The average Bonchev–Trinajstić information content (AvgIpc) is 2.82. The van der Waals surface area contributed by atoms with Crippen LogP contribution in [0, 0.1) is 0 Å². The molecule has 0 aliphatic carbocycles. The van der Waals surface area contributed by atoms with Gasteiger partial charge in [-0.3, -0.25) is 0 Å². The quantitative estimate of drug-likeness (QED) is 0.370. The lowest BCUT2D eigenvalue weighted by Crippen LogP contribution is -2.29. The van der Waals surface area contributed by atoms with Crippen molar-refractivity contribution in [1.29, 1.82) is 0 Å². The van der Waals surface area contributed by atoms with Gasteiger partial charge in [-0.2, -0.15) is 0 Å². The third kappa shape index (κ3) is 6.22. The van der Waals surface area contributed by atoms with E-state index in [4.69, 9.17) is 14.0 Å². The minimum atomic E-state index is -1.40. The Kier molecular flexibility index (Phi) is 7.01. The van der Waals surface area contributed by atoms with Gasteiger partial charge in [-0.05, 0) is 46.5 Å². The molecule has 0 amide bonds. The summed E-state index contributed by atoms with van der Waals surface area (Å²) in [6.07, 6.45) is 0. The minimum absolute atomic E-state index is 0.502. The predicted octanol–water partition coefficient (Wildman–Crippen LogP) is 5.51. The number of hydrogen-bond acceptors (Lipinski definition) is 4. The summed E-state index contributed by atoms with van der Waals surface area (Å²) in [6.45, 7) is 1.07. The van der Waals surface area contributed by atoms with Crippen molar-refractivity contribution in [1.82, 2.24) is 0 Å². The second-order valence-electron chi connectivity index (χ2n) is 7.06. The lowest BCUT2D eigenvalue weighted by Gasteiger charge is -2.12. The van der Waals surface area contributed by atoms with Gasteiger partial charge in [-0.25, -0.2) is 0 Å². The number of hydrogen-bond donors (Lipinski definition) is 1. The molecule has 0 aromatic heterocycles. The first-order valence-electron chi connectivity index (χ1n) is 10.1. The van der Waals surface area contributed by atoms with E-state index in [0.29, 0.717) is 24.7 Å². The molecule has 4 aromatic rings. The van der Waals surface area contributed by atoms with E-state index < -0.39 is 7.32 Å². The van der Waals surface area contributed by atoms with Crippen molar-refractivity contribution in [3.63, 3.8) is 0 Å². The van der Waals surface area contributed by atoms with Crippen LogP contribution in [0.5, 0.6) is 11.5 Å². The van der Waals surface area contributed by atoms with Gasteiger partial charge in [-0.1, -0.05) is 84.9 Å². The highest BCUT2D eigenvalue weighted by molar-refractivity contribution is 6.36. The lowest BCUT2D eigenvalue weighted by atomic mass is 10.1. The SMILES string of the molecule is OB(Oc1ccc(COCc2ccccc2)cc1)Oc1ccc(-c2ccccc2)cc1. The van der Waals surface area contributed by atoms with Crippen molar-refractivity contribution in [3.8, 4) is 22.6 Å². The molecule has 154 valence electrons. The molecule has 0 radical (unpaired) electrons. The zero-order valence-electron chi connectivity index (χ0n) is 17.1. The summed E-state index contributed by atoms with van der Waals surface area (Å²) in [5, 5.41) is 10.1. The molecule has 0 saturated carbocycles. The van der Waals surface area contributed by atoms with Crippen LogP contribution in [-0.2, 0) is 18.0 Å². The Labute approximate surface area is 182 Å². The highest BCUT2D eigenvalue weighted by Crippen LogP contribution is 2.22. The number of benzene rings is 4. The molecule has 0 aliphatic rings. The van der Waals surface area contributed by atoms with Gasteiger partial charge in [0.2, 0.25) is 0 Å². The van der Waals surface area contributed by atoms with Crippen LogP contribution in [0.4, 0.5) is 0 Å². The lowest BCUT2D eigenvalue weighted by molar-refractivity contribution is 0.107.